The van der Waals surface area contributed by atoms with Gasteiger partial charge in [0.25, 0.3) is 0 Å². The summed E-state index contributed by atoms with van der Waals surface area (Å²) in [5.74, 6) is -0.365. The molecule has 1 aromatic rings. The van der Waals surface area contributed by atoms with Crippen LogP contribution >= 0.6 is 11.6 Å². The predicted octanol–water partition coefficient (Wildman–Crippen LogP) is 2.71. The van der Waals surface area contributed by atoms with Gasteiger partial charge in [0.05, 0.1) is 5.41 Å². The fraction of sp³-hybridized carbons (Fsp3) is 0.300. The molecule has 1 aliphatic carbocycles. The van der Waals surface area contributed by atoms with Crippen molar-refractivity contribution in [1.82, 2.24) is 0 Å². The molecule has 0 heterocycles. The molecule has 1 fully saturated rings. The third-order valence-corrected chi connectivity index (χ3v) is 2.79. The molecule has 0 N–H and O–H groups in total. The highest BCUT2D eigenvalue weighted by atomic mass is 35.5. The Hall–Kier alpha value is -0.890. The number of hydrogen-bond acceptors (Lipinski definition) is 1. The van der Waals surface area contributed by atoms with Crippen molar-refractivity contribution in [2.75, 3.05) is 0 Å². The highest BCUT2D eigenvalue weighted by Crippen LogP contribution is 2.48. The Morgan fingerprint density at radius 3 is 2.62 bits per heavy atom. The maximum Gasteiger partial charge on any atom is 0.130 e. The Bertz CT molecular complexity index is 358. The molecule has 0 atom stereocenters. The van der Waals surface area contributed by atoms with Gasteiger partial charge >= 0.3 is 0 Å². The zero-order valence-corrected chi connectivity index (χ0v) is 7.64. The molecule has 1 saturated carbocycles. The molecular weight excluding hydrogens is 191 g/mol. The number of halogens is 2. The van der Waals surface area contributed by atoms with Crippen molar-refractivity contribution < 1.29 is 9.18 Å². The molecule has 0 saturated heterocycles. The first kappa shape index (κ1) is 8.70. The van der Waals surface area contributed by atoms with Crippen LogP contribution in [0.2, 0.25) is 5.02 Å². The average Bonchev–Trinajstić information content (AvgIpc) is 2.85. The quantitative estimate of drug-likeness (QED) is 0.668. The van der Waals surface area contributed by atoms with Crippen molar-refractivity contribution in [2.45, 2.75) is 18.3 Å². The van der Waals surface area contributed by atoms with Crippen LogP contribution in [0.5, 0.6) is 0 Å². The van der Waals surface area contributed by atoms with Gasteiger partial charge in [0.2, 0.25) is 0 Å². The first-order chi connectivity index (χ1) is 6.18. The highest BCUT2D eigenvalue weighted by Gasteiger charge is 2.45. The summed E-state index contributed by atoms with van der Waals surface area (Å²) in [5, 5.41) is 0.351. The lowest BCUT2D eigenvalue weighted by Crippen LogP contribution is -2.08. The number of hydrogen-bond donors (Lipinski definition) is 0. The van der Waals surface area contributed by atoms with Gasteiger partial charge in [-0.15, -0.1) is 0 Å². The molecule has 1 aliphatic rings. The molecular formula is C10H8ClFO. The Labute approximate surface area is 80.5 Å². The lowest BCUT2D eigenvalue weighted by molar-refractivity contribution is -0.109. The van der Waals surface area contributed by atoms with Crippen molar-refractivity contribution in [3.63, 3.8) is 0 Å². The van der Waals surface area contributed by atoms with Gasteiger partial charge in [-0.2, -0.15) is 0 Å². The van der Waals surface area contributed by atoms with Crippen LogP contribution in [-0.4, -0.2) is 6.29 Å². The molecule has 3 heteroatoms. The van der Waals surface area contributed by atoms with Crippen LogP contribution in [0.25, 0.3) is 0 Å². The second-order valence-corrected chi connectivity index (χ2v) is 3.81. The minimum absolute atomic E-state index is 0.351. The van der Waals surface area contributed by atoms with Crippen LogP contribution in [0, 0.1) is 5.82 Å². The van der Waals surface area contributed by atoms with Gasteiger partial charge < -0.3 is 4.79 Å². The van der Waals surface area contributed by atoms with Crippen LogP contribution in [0.3, 0.4) is 0 Å². The summed E-state index contributed by atoms with van der Waals surface area (Å²) in [4.78, 5) is 10.8. The van der Waals surface area contributed by atoms with E-state index in [2.05, 4.69) is 0 Å². The van der Waals surface area contributed by atoms with Crippen molar-refractivity contribution in [2.24, 2.45) is 0 Å². The summed E-state index contributed by atoms with van der Waals surface area (Å²) >= 11 is 5.83. The number of benzene rings is 1. The fourth-order valence-electron chi connectivity index (χ4n) is 1.48. The molecule has 0 radical (unpaired) electrons. The van der Waals surface area contributed by atoms with E-state index in [1.165, 1.54) is 12.1 Å². The minimum atomic E-state index is -0.412. The molecule has 2 rings (SSSR count). The maximum absolute atomic E-state index is 12.7. The zero-order valence-electron chi connectivity index (χ0n) is 6.89. The number of rotatable bonds is 2. The van der Waals surface area contributed by atoms with Gasteiger partial charge in [-0.05, 0) is 30.5 Å². The largest absolute Gasteiger partial charge is 0.302 e. The topological polar surface area (TPSA) is 17.1 Å². The Balaban J connectivity index is 2.47. The summed E-state index contributed by atoms with van der Waals surface area (Å²) in [6.45, 7) is 0. The van der Waals surface area contributed by atoms with Gasteiger partial charge in [0.15, 0.2) is 0 Å². The van der Waals surface area contributed by atoms with Crippen molar-refractivity contribution >= 4 is 17.9 Å². The molecule has 1 aromatic carbocycles. The second-order valence-electron chi connectivity index (χ2n) is 3.40. The molecule has 0 unspecified atom stereocenters. The lowest BCUT2D eigenvalue weighted by Gasteiger charge is -2.09. The van der Waals surface area contributed by atoms with Crippen molar-refractivity contribution in [1.29, 1.82) is 0 Å². The Morgan fingerprint density at radius 1 is 1.46 bits per heavy atom. The van der Waals surface area contributed by atoms with Gasteiger partial charge in [0.1, 0.15) is 12.1 Å². The monoisotopic (exact) mass is 198 g/mol. The van der Waals surface area contributed by atoms with Gasteiger partial charge in [0, 0.05) is 5.02 Å². The molecule has 0 spiro atoms. The SMILES string of the molecule is O=CC1(c2ccc(F)cc2Cl)CC1. The van der Waals surface area contributed by atoms with E-state index in [9.17, 15) is 9.18 Å². The molecule has 68 valence electrons. The van der Waals surface area contributed by atoms with Gasteiger partial charge in [-0.3, -0.25) is 0 Å². The highest BCUT2D eigenvalue weighted by molar-refractivity contribution is 6.31. The second kappa shape index (κ2) is 2.81. The van der Waals surface area contributed by atoms with E-state index >= 15 is 0 Å². The van der Waals surface area contributed by atoms with E-state index in [-0.39, 0.29) is 5.82 Å². The van der Waals surface area contributed by atoms with E-state index < -0.39 is 5.41 Å². The van der Waals surface area contributed by atoms with E-state index in [0.29, 0.717) is 5.02 Å². The van der Waals surface area contributed by atoms with Gasteiger partial charge in [-0.25, -0.2) is 4.39 Å². The fourth-order valence-corrected chi connectivity index (χ4v) is 1.83. The first-order valence-corrected chi connectivity index (χ1v) is 4.48. The molecule has 0 bridgehead atoms. The van der Waals surface area contributed by atoms with Crippen molar-refractivity contribution in [3.8, 4) is 0 Å². The number of carbonyl (C=O) groups is 1. The standard InChI is InChI=1S/C10H8ClFO/c11-9-5-7(12)1-2-8(9)10(6-13)3-4-10/h1-2,5-6H,3-4H2. The van der Waals surface area contributed by atoms with Crippen LogP contribution in [-0.2, 0) is 10.2 Å². The Morgan fingerprint density at radius 2 is 2.15 bits per heavy atom. The van der Waals surface area contributed by atoms with E-state index in [1.807, 2.05) is 0 Å². The van der Waals surface area contributed by atoms with Crippen LogP contribution in [0.1, 0.15) is 18.4 Å². The Kier molecular flexibility index (Phi) is 1.88. The van der Waals surface area contributed by atoms with Crippen LogP contribution in [0.15, 0.2) is 18.2 Å². The van der Waals surface area contributed by atoms with E-state index in [0.717, 1.165) is 24.7 Å². The predicted molar refractivity (Wildman–Crippen MR) is 48.4 cm³/mol. The molecule has 0 aromatic heterocycles. The average molecular weight is 199 g/mol. The summed E-state index contributed by atoms with van der Waals surface area (Å²) in [6.07, 6.45) is 2.55. The summed E-state index contributed by atoms with van der Waals surface area (Å²) in [6, 6.07) is 4.18. The van der Waals surface area contributed by atoms with Crippen LogP contribution < -0.4 is 0 Å². The molecule has 0 aliphatic heterocycles. The molecule has 1 nitrogen and oxygen atoms in total. The zero-order chi connectivity index (χ0) is 9.47. The number of aldehydes is 1. The third-order valence-electron chi connectivity index (χ3n) is 2.48. The summed E-state index contributed by atoms with van der Waals surface area (Å²) in [7, 11) is 0. The summed E-state index contributed by atoms with van der Waals surface area (Å²) in [5.41, 5.74) is 0.343. The molecule has 13 heavy (non-hydrogen) atoms. The normalized spacial score (nSPS) is 18.3. The van der Waals surface area contributed by atoms with Crippen molar-refractivity contribution in [3.05, 3.63) is 34.6 Å². The maximum atomic E-state index is 12.7. The lowest BCUT2D eigenvalue weighted by atomic mass is 9.98. The van der Waals surface area contributed by atoms with Crippen LogP contribution in [0.4, 0.5) is 4.39 Å². The van der Waals surface area contributed by atoms with E-state index in [1.54, 1.807) is 6.07 Å². The first-order valence-electron chi connectivity index (χ1n) is 4.10. The van der Waals surface area contributed by atoms with Gasteiger partial charge in [-0.1, -0.05) is 17.7 Å². The number of carbonyl (C=O) groups excluding carboxylic acids is 1. The summed E-state index contributed by atoms with van der Waals surface area (Å²) < 4.78 is 12.7. The minimum Gasteiger partial charge on any atom is -0.302 e. The third kappa shape index (κ3) is 1.35. The smallest absolute Gasteiger partial charge is 0.130 e. The van der Waals surface area contributed by atoms with E-state index in [4.69, 9.17) is 11.6 Å². The molecule has 0 amide bonds.